The van der Waals surface area contributed by atoms with E-state index < -0.39 is 24.5 Å². The Bertz CT molecular complexity index is 1270. The van der Waals surface area contributed by atoms with Gasteiger partial charge in [0.2, 0.25) is 5.91 Å². The van der Waals surface area contributed by atoms with Gasteiger partial charge in [0.1, 0.15) is 6.04 Å². The summed E-state index contributed by atoms with van der Waals surface area (Å²) >= 11 is 5.84. The Kier molecular flexibility index (Phi) is 6.35. The summed E-state index contributed by atoms with van der Waals surface area (Å²) in [5.41, 5.74) is 1.84. The molecule has 0 spiro atoms. The third-order valence-electron chi connectivity index (χ3n) is 5.37. The van der Waals surface area contributed by atoms with E-state index in [1.165, 1.54) is 18.2 Å². The average Bonchev–Trinajstić information content (AvgIpc) is 2.84. The molecular weight excluding hydrogens is 444 g/mol. The summed E-state index contributed by atoms with van der Waals surface area (Å²) in [5, 5.41) is 15.3. The number of fused-ring (bicyclic) bond motifs is 2. The Hall–Kier alpha value is -3.81. The second-order valence-corrected chi connectivity index (χ2v) is 7.95. The van der Waals surface area contributed by atoms with Crippen LogP contribution in [0.15, 0.2) is 66.7 Å². The number of carbonyl (C=O) groups is 4. The molecule has 2 amide bonds. The number of amides is 2. The molecule has 1 aliphatic rings. The summed E-state index contributed by atoms with van der Waals surface area (Å²) in [4.78, 5) is 50.7. The van der Waals surface area contributed by atoms with Gasteiger partial charge in [0.15, 0.2) is 11.6 Å². The lowest BCUT2D eigenvalue weighted by molar-refractivity contribution is -0.124. The molecule has 166 valence electrons. The van der Waals surface area contributed by atoms with Gasteiger partial charge in [-0.1, -0.05) is 48.0 Å². The largest absolute Gasteiger partial charge is 0.394 e. The fraction of sp³-hybridized carbons (Fsp3) is 0.120. The van der Waals surface area contributed by atoms with Gasteiger partial charge in [-0.15, -0.1) is 0 Å². The summed E-state index contributed by atoms with van der Waals surface area (Å²) < 4.78 is 0. The minimum Gasteiger partial charge on any atom is -0.394 e. The molecule has 0 fully saturated rings. The van der Waals surface area contributed by atoms with Crippen LogP contribution in [0.4, 0.5) is 0 Å². The standard InChI is InChI=1S/C25H19ClN2O5/c26-16-8-5-14(6-9-16)12-27-25(33)21(13-29)28-24(32)15-7-10-19-20(11-15)23(31)18-4-2-1-3-17(18)22(19)30/h1-11,21,29H,12-13H2,(H,27,33)(H,28,32)/t21-/m0/s1. The molecule has 7 nitrogen and oxygen atoms in total. The van der Waals surface area contributed by atoms with E-state index in [0.717, 1.165) is 5.56 Å². The zero-order valence-corrected chi connectivity index (χ0v) is 18.1. The van der Waals surface area contributed by atoms with Crippen LogP contribution in [0.2, 0.25) is 5.02 Å². The molecule has 1 atom stereocenters. The lowest BCUT2D eigenvalue weighted by Gasteiger charge is -2.19. The molecule has 0 heterocycles. The molecule has 0 unspecified atom stereocenters. The van der Waals surface area contributed by atoms with Gasteiger partial charge < -0.3 is 15.7 Å². The summed E-state index contributed by atoms with van der Waals surface area (Å²) in [5.74, 6) is -1.87. The van der Waals surface area contributed by atoms with Crippen LogP contribution in [-0.2, 0) is 11.3 Å². The summed E-state index contributed by atoms with van der Waals surface area (Å²) in [6.45, 7) is -0.425. The van der Waals surface area contributed by atoms with Gasteiger partial charge in [-0.05, 0) is 35.9 Å². The minimum atomic E-state index is -1.20. The van der Waals surface area contributed by atoms with Crippen LogP contribution in [0.3, 0.4) is 0 Å². The van der Waals surface area contributed by atoms with E-state index in [4.69, 9.17) is 11.6 Å². The maximum Gasteiger partial charge on any atom is 0.252 e. The number of benzene rings is 3. The number of aliphatic hydroxyl groups is 1. The average molecular weight is 463 g/mol. The SMILES string of the molecule is O=C(N[C@@H](CO)C(=O)NCc1ccc(Cl)cc1)c1ccc2c(c1)C(=O)c1ccccc1C2=O. The van der Waals surface area contributed by atoms with Crippen LogP contribution >= 0.6 is 11.6 Å². The number of carbonyl (C=O) groups excluding carboxylic acids is 4. The van der Waals surface area contributed by atoms with Gasteiger partial charge in [-0.25, -0.2) is 0 Å². The first kappa shape index (κ1) is 22.4. The highest BCUT2D eigenvalue weighted by atomic mass is 35.5. The van der Waals surface area contributed by atoms with Crippen molar-refractivity contribution in [3.8, 4) is 0 Å². The third kappa shape index (κ3) is 4.55. The Morgan fingerprint density at radius 2 is 1.45 bits per heavy atom. The van der Waals surface area contributed by atoms with E-state index in [0.29, 0.717) is 10.6 Å². The number of ketones is 2. The first-order valence-corrected chi connectivity index (χ1v) is 10.5. The fourth-order valence-corrected chi connectivity index (χ4v) is 3.72. The van der Waals surface area contributed by atoms with E-state index >= 15 is 0 Å². The number of rotatable bonds is 6. The lowest BCUT2D eigenvalue weighted by Crippen LogP contribution is -2.48. The van der Waals surface area contributed by atoms with Crippen molar-refractivity contribution in [2.75, 3.05) is 6.61 Å². The van der Waals surface area contributed by atoms with Crippen LogP contribution in [0, 0.1) is 0 Å². The van der Waals surface area contributed by atoms with E-state index in [-0.39, 0.29) is 40.4 Å². The van der Waals surface area contributed by atoms with Crippen molar-refractivity contribution >= 4 is 35.0 Å². The molecule has 0 aliphatic heterocycles. The van der Waals surface area contributed by atoms with Crippen molar-refractivity contribution in [1.82, 2.24) is 10.6 Å². The monoisotopic (exact) mass is 462 g/mol. The van der Waals surface area contributed by atoms with Crippen molar-refractivity contribution in [3.05, 3.63) is 105 Å². The molecule has 3 N–H and O–H groups in total. The van der Waals surface area contributed by atoms with Crippen LogP contribution in [-0.4, -0.2) is 41.1 Å². The van der Waals surface area contributed by atoms with Crippen molar-refractivity contribution in [3.63, 3.8) is 0 Å². The number of aliphatic hydroxyl groups excluding tert-OH is 1. The lowest BCUT2D eigenvalue weighted by atomic mass is 9.83. The Balaban J connectivity index is 1.47. The van der Waals surface area contributed by atoms with Crippen molar-refractivity contribution < 1.29 is 24.3 Å². The van der Waals surface area contributed by atoms with Crippen molar-refractivity contribution in [1.29, 1.82) is 0 Å². The molecule has 33 heavy (non-hydrogen) atoms. The molecule has 4 rings (SSSR count). The minimum absolute atomic E-state index is 0.0956. The van der Waals surface area contributed by atoms with Crippen LogP contribution in [0.25, 0.3) is 0 Å². The predicted octanol–water partition coefficient (Wildman–Crippen LogP) is 2.52. The van der Waals surface area contributed by atoms with Gasteiger partial charge in [0.25, 0.3) is 5.91 Å². The molecule has 0 saturated carbocycles. The molecule has 0 aromatic heterocycles. The van der Waals surface area contributed by atoms with Gasteiger partial charge in [-0.2, -0.15) is 0 Å². The highest BCUT2D eigenvalue weighted by molar-refractivity contribution is 6.30. The summed E-state index contributed by atoms with van der Waals surface area (Å²) in [7, 11) is 0. The van der Waals surface area contributed by atoms with E-state index in [1.807, 2.05) is 0 Å². The number of hydrogen-bond donors (Lipinski definition) is 3. The highest BCUT2D eigenvalue weighted by Gasteiger charge is 2.30. The van der Waals surface area contributed by atoms with Crippen LogP contribution < -0.4 is 10.6 Å². The van der Waals surface area contributed by atoms with E-state index in [2.05, 4.69) is 10.6 Å². The Labute approximate surface area is 194 Å². The summed E-state index contributed by atoms with van der Waals surface area (Å²) in [6.07, 6.45) is 0. The van der Waals surface area contributed by atoms with Crippen LogP contribution in [0.1, 0.15) is 47.8 Å². The molecule has 3 aromatic carbocycles. The van der Waals surface area contributed by atoms with Crippen LogP contribution in [0.5, 0.6) is 0 Å². The first-order chi connectivity index (χ1) is 15.9. The topological polar surface area (TPSA) is 113 Å². The van der Waals surface area contributed by atoms with E-state index in [1.54, 1.807) is 48.5 Å². The predicted molar refractivity (Wildman–Crippen MR) is 121 cm³/mol. The smallest absolute Gasteiger partial charge is 0.252 e. The van der Waals surface area contributed by atoms with Gasteiger partial charge in [0.05, 0.1) is 6.61 Å². The van der Waals surface area contributed by atoms with Crippen molar-refractivity contribution in [2.24, 2.45) is 0 Å². The number of nitrogens with one attached hydrogen (secondary N) is 2. The molecular formula is C25H19ClN2O5. The maximum atomic E-state index is 12.9. The van der Waals surface area contributed by atoms with E-state index in [9.17, 15) is 24.3 Å². The maximum absolute atomic E-state index is 12.9. The highest BCUT2D eigenvalue weighted by Crippen LogP contribution is 2.27. The molecule has 0 saturated heterocycles. The quantitative estimate of drug-likeness (QED) is 0.407. The number of hydrogen-bond acceptors (Lipinski definition) is 5. The first-order valence-electron chi connectivity index (χ1n) is 10.2. The molecule has 8 heteroatoms. The zero-order valence-electron chi connectivity index (χ0n) is 17.3. The fourth-order valence-electron chi connectivity index (χ4n) is 3.59. The Morgan fingerprint density at radius 1 is 0.848 bits per heavy atom. The summed E-state index contributed by atoms with van der Waals surface area (Å²) in [6, 6.07) is 16.4. The van der Waals surface area contributed by atoms with Gasteiger partial charge in [-0.3, -0.25) is 19.2 Å². The molecule has 3 aromatic rings. The third-order valence-corrected chi connectivity index (χ3v) is 5.62. The zero-order chi connectivity index (χ0) is 23.5. The molecule has 0 radical (unpaired) electrons. The number of halogens is 1. The van der Waals surface area contributed by atoms with Gasteiger partial charge in [0, 0.05) is 39.4 Å². The second-order valence-electron chi connectivity index (χ2n) is 7.52. The second kappa shape index (κ2) is 9.36. The molecule has 1 aliphatic carbocycles. The Morgan fingerprint density at radius 3 is 2.09 bits per heavy atom. The molecule has 0 bridgehead atoms. The van der Waals surface area contributed by atoms with Gasteiger partial charge >= 0.3 is 0 Å². The van der Waals surface area contributed by atoms with Crippen molar-refractivity contribution in [2.45, 2.75) is 12.6 Å². The normalized spacial score (nSPS) is 13.0.